The predicted octanol–water partition coefficient (Wildman–Crippen LogP) is 2.72. The zero-order chi connectivity index (χ0) is 18.4. The van der Waals surface area contributed by atoms with Crippen LogP contribution in [-0.4, -0.2) is 42.3 Å². The second-order valence-electron chi connectivity index (χ2n) is 5.86. The van der Waals surface area contributed by atoms with Crippen LogP contribution in [-0.2, 0) is 20.8 Å². The molecule has 1 aromatic rings. The first-order valence-corrected chi connectivity index (χ1v) is 10.3. The molecule has 0 N–H and O–H groups in total. The first-order chi connectivity index (χ1) is 11.6. The molecule has 0 aliphatic carbocycles. The van der Waals surface area contributed by atoms with E-state index in [9.17, 15) is 26.4 Å². The fourth-order valence-corrected chi connectivity index (χ4v) is 6.82. The Hall–Kier alpha value is -1.55. The molecule has 2 heterocycles. The number of hydrogen-bond acceptors (Lipinski definition) is 4. The highest BCUT2D eigenvalue weighted by Crippen LogP contribution is 2.42. The summed E-state index contributed by atoms with van der Waals surface area (Å²) in [5.74, 6) is -0.639. The van der Waals surface area contributed by atoms with Crippen molar-refractivity contribution < 1.29 is 26.4 Å². The molecule has 2 fully saturated rings. The number of amides is 1. The highest BCUT2D eigenvalue weighted by Gasteiger charge is 2.49. The first kappa shape index (κ1) is 18.2. The highest BCUT2D eigenvalue weighted by atomic mass is 32.2. The van der Waals surface area contributed by atoms with Crippen LogP contribution in [0.4, 0.5) is 18.9 Å². The van der Waals surface area contributed by atoms with Gasteiger partial charge in [-0.1, -0.05) is 24.8 Å². The number of carbonyl (C=O) groups excluding carboxylic acids is 1. The van der Waals surface area contributed by atoms with Crippen LogP contribution in [0.1, 0.15) is 18.9 Å². The van der Waals surface area contributed by atoms with Gasteiger partial charge in [-0.25, -0.2) is 8.42 Å². The number of benzene rings is 1. The van der Waals surface area contributed by atoms with E-state index >= 15 is 0 Å². The molecule has 2 atom stereocenters. The lowest BCUT2D eigenvalue weighted by Crippen LogP contribution is -2.37. The summed E-state index contributed by atoms with van der Waals surface area (Å²) in [6.07, 6.45) is -4.35. The number of rotatable bonds is 2. The minimum Gasteiger partial charge on any atom is -0.316 e. The van der Waals surface area contributed by atoms with E-state index in [2.05, 4.69) is 4.99 Å². The van der Waals surface area contributed by atoms with Crippen LogP contribution in [0.15, 0.2) is 29.3 Å². The second-order valence-corrected chi connectivity index (χ2v) is 9.22. The van der Waals surface area contributed by atoms with Crippen LogP contribution in [0.3, 0.4) is 0 Å². The molecule has 2 aliphatic rings. The molecule has 5 nitrogen and oxygen atoms in total. The average Bonchev–Trinajstić information content (AvgIpc) is 2.97. The third kappa shape index (κ3) is 3.69. The molecule has 3 rings (SSSR count). The molecule has 0 unspecified atom stereocenters. The second kappa shape index (κ2) is 6.31. The average molecular weight is 392 g/mol. The third-order valence-electron chi connectivity index (χ3n) is 4.04. The van der Waals surface area contributed by atoms with E-state index < -0.39 is 33.5 Å². The Morgan fingerprint density at radius 2 is 2.08 bits per heavy atom. The van der Waals surface area contributed by atoms with Crippen molar-refractivity contribution >= 4 is 38.4 Å². The molecule has 25 heavy (non-hydrogen) atoms. The van der Waals surface area contributed by atoms with Gasteiger partial charge in [-0.2, -0.15) is 18.2 Å². The van der Waals surface area contributed by atoms with Crippen molar-refractivity contribution in [2.45, 2.75) is 30.8 Å². The van der Waals surface area contributed by atoms with Crippen molar-refractivity contribution in [2.75, 3.05) is 16.4 Å². The summed E-state index contributed by atoms with van der Waals surface area (Å²) in [6.45, 7) is 1.63. The van der Waals surface area contributed by atoms with Crippen molar-refractivity contribution in [2.24, 2.45) is 4.99 Å². The Morgan fingerprint density at radius 1 is 1.36 bits per heavy atom. The number of alkyl halides is 3. The summed E-state index contributed by atoms with van der Waals surface area (Å²) in [6, 6.07) is 4.11. The summed E-state index contributed by atoms with van der Waals surface area (Å²) in [7, 11) is -3.27. The van der Waals surface area contributed by atoms with E-state index in [1.165, 1.54) is 17.0 Å². The molecular weight excluding hydrogens is 377 g/mol. The Bertz CT molecular complexity index is 837. The van der Waals surface area contributed by atoms with Crippen LogP contribution >= 0.6 is 11.8 Å². The first-order valence-electron chi connectivity index (χ1n) is 7.56. The molecule has 0 bridgehead atoms. The maximum Gasteiger partial charge on any atom is 0.416 e. The summed E-state index contributed by atoms with van der Waals surface area (Å²) >= 11 is 1.14. The van der Waals surface area contributed by atoms with Gasteiger partial charge in [-0.3, -0.25) is 4.79 Å². The van der Waals surface area contributed by atoms with E-state index in [4.69, 9.17) is 0 Å². The van der Waals surface area contributed by atoms with Gasteiger partial charge < -0.3 is 4.90 Å². The topological polar surface area (TPSA) is 66.8 Å². The number of aliphatic imine (C=N–C) groups is 1. The van der Waals surface area contributed by atoms with Gasteiger partial charge in [0.1, 0.15) is 0 Å². The number of nitrogens with zero attached hydrogens (tertiary/aromatic N) is 2. The molecule has 1 aromatic carbocycles. The van der Waals surface area contributed by atoms with Crippen LogP contribution in [0.5, 0.6) is 0 Å². The summed E-state index contributed by atoms with van der Waals surface area (Å²) < 4.78 is 62.8. The van der Waals surface area contributed by atoms with Crippen LogP contribution in [0.25, 0.3) is 0 Å². The van der Waals surface area contributed by atoms with Gasteiger partial charge in [0.05, 0.1) is 23.1 Å². The van der Waals surface area contributed by atoms with Crippen molar-refractivity contribution in [3.05, 3.63) is 29.8 Å². The maximum atomic E-state index is 13.0. The van der Waals surface area contributed by atoms with Gasteiger partial charge in [0.25, 0.3) is 0 Å². The van der Waals surface area contributed by atoms with Crippen molar-refractivity contribution in [1.82, 2.24) is 0 Å². The van der Waals surface area contributed by atoms with Crippen LogP contribution in [0, 0.1) is 0 Å². The van der Waals surface area contributed by atoms with Crippen LogP contribution < -0.4 is 4.90 Å². The lowest BCUT2D eigenvalue weighted by Gasteiger charge is -2.25. The summed E-state index contributed by atoms with van der Waals surface area (Å²) in [5.41, 5.74) is -0.643. The lowest BCUT2D eigenvalue weighted by molar-refractivity contribution is -0.137. The number of halogens is 3. The number of fused-ring (bicyclic) bond motifs is 1. The van der Waals surface area contributed by atoms with E-state index in [-0.39, 0.29) is 34.0 Å². The Balaban J connectivity index is 2.05. The number of carbonyl (C=O) groups is 1. The van der Waals surface area contributed by atoms with E-state index in [0.29, 0.717) is 0 Å². The van der Waals surface area contributed by atoms with Gasteiger partial charge in [-0.15, -0.1) is 0 Å². The Morgan fingerprint density at radius 3 is 2.72 bits per heavy atom. The van der Waals surface area contributed by atoms with E-state index in [1.54, 1.807) is 6.92 Å². The summed E-state index contributed by atoms with van der Waals surface area (Å²) in [5, 5.41) is -0.0842. The van der Waals surface area contributed by atoms with E-state index in [1.807, 2.05) is 0 Å². The zero-order valence-corrected chi connectivity index (χ0v) is 14.8. The SMILES string of the molecule is CCC(=O)N=C1S[C@@H]2CS(=O)(=O)C[C@@H]2N1c1cccc(C(F)(F)F)c1. The third-order valence-corrected chi connectivity index (χ3v) is 7.25. The smallest absolute Gasteiger partial charge is 0.316 e. The van der Waals surface area contributed by atoms with Gasteiger partial charge in [-0.05, 0) is 18.2 Å². The number of sulfone groups is 1. The normalized spacial score (nSPS) is 26.9. The minimum atomic E-state index is -4.51. The molecule has 0 saturated carbocycles. The van der Waals surface area contributed by atoms with Crippen molar-refractivity contribution in [3.63, 3.8) is 0 Å². The maximum absolute atomic E-state index is 13.0. The monoisotopic (exact) mass is 392 g/mol. The van der Waals surface area contributed by atoms with Gasteiger partial charge in [0.15, 0.2) is 15.0 Å². The standard InChI is InChI=1S/C15H15F3N2O3S2/c1-2-13(21)19-14-20(11-7-25(22,23)8-12(11)24-14)10-5-3-4-9(6-10)15(16,17)18/h3-6,11-12H,2,7-8H2,1H3/t11-,12+/m0/s1. The Kier molecular flexibility index (Phi) is 4.61. The number of thioether (sulfide) groups is 1. The molecular formula is C15H15F3N2O3S2. The van der Waals surface area contributed by atoms with Crippen LogP contribution in [0.2, 0.25) is 0 Å². The predicted molar refractivity (Wildman–Crippen MR) is 90.5 cm³/mol. The molecule has 0 aromatic heterocycles. The van der Waals surface area contributed by atoms with Gasteiger partial charge >= 0.3 is 6.18 Å². The van der Waals surface area contributed by atoms with Gasteiger partial charge in [0.2, 0.25) is 5.91 Å². The number of amidine groups is 1. The molecule has 2 saturated heterocycles. The highest BCUT2D eigenvalue weighted by molar-refractivity contribution is 8.16. The molecule has 1 amide bonds. The number of hydrogen-bond donors (Lipinski definition) is 0. The van der Waals surface area contributed by atoms with Crippen molar-refractivity contribution in [3.8, 4) is 0 Å². The van der Waals surface area contributed by atoms with Gasteiger partial charge in [0, 0.05) is 17.4 Å². The summed E-state index contributed by atoms with van der Waals surface area (Å²) in [4.78, 5) is 17.1. The number of anilines is 1. The Labute approximate surface area is 147 Å². The molecule has 10 heteroatoms. The lowest BCUT2D eigenvalue weighted by atomic mass is 10.1. The fraction of sp³-hybridized carbons (Fsp3) is 0.467. The quantitative estimate of drug-likeness (QED) is 0.774. The largest absolute Gasteiger partial charge is 0.416 e. The molecule has 2 aliphatic heterocycles. The van der Waals surface area contributed by atoms with Crippen molar-refractivity contribution in [1.29, 1.82) is 0 Å². The molecule has 0 spiro atoms. The van der Waals surface area contributed by atoms with E-state index in [0.717, 1.165) is 23.9 Å². The zero-order valence-electron chi connectivity index (χ0n) is 13.2. The molecule has 136 valence electrons. The minimum absolute atomic E-state index is 0.0723. The molecule has 0 radical (unpaired) electrons. The fourth-order valence-electron chi connectivity index (χ4n) is 2.88.